The Labute approximate surface area is 168 Å². The summed E-state index contributed by atoms with van der Waals surface area (Å²) in [6.07, 6.45) is -1.56. The minimum absolute atomic E-state index is 0.177. The fraction of sp³-hybridized carbons (Fsp3) is 0.750. The topological polar surface area (TPSA) is 182 Å². The zero-order chi connectivity index (χ0) is 21.6. The van der Waals surface area contributed by atoms with Crippen molar-refractivity contribution in [2.24, 2.45) is 5.73 Å². The summed E-state index contributed by atoms with van der Waals surface area (Å²) < 4.78 is 0. The van der Waals surface area contributed by atoms with Crippen LogP contribution in [-0.2, 0) is 19.2 Å². The van der Waals surface area contributed by atoms with Crippen LogP contribution in [0.2, 0.25) is 0 Å². The van der Waals surface area contributed by atoms with Crippen LogP contribution in [0.4, 0.5) is 0 Å². The number of likely N-dealkylation sites (tertiary alicyclic amines) is 1. The van der Waals surface area contributed by atoms with Gasteiger partial charge in [-0.15, -0.1) is 0 Å². The van der Waals surface area contributed by atoms with Crippen molar-refractivity contribution < 1.29 is 34.5 Å². The second-order valence-corrected chi connectivity index (χ2v) is 7.13. The Balaban J connectivity index is 2.86. The second kappa shape index (κ2) is 10.6. The molecule has 0 aromatic rings. The molecule has 0 radical (unpaired) electrons. The summed E-state index contributed by atoms with van der Waals surface area (Å²) >= 11 is 3.84. The van der Waals surface area contributed by atoms with Gasteiger partial charge in [-0.3, -0.25) is 14.4 Å². The molecule has 0 aliphatic carbocycles. The van der Waals surface area contributed by atoms with Crippen molar-refractivity contribution in [1.82, 2.24) is 15.5 Å². The number of amides is 3. The van der Waals surface area contributed by atoms with Crippen LogP contribution in [0.25, 0.3) is 0 Å². The Morgan fingerprint density at radius 2 is 1.79 bits per heavy atom. The summed E-state index contributed by atoms with van der Waals surface area (Å²) in [5.41, 5.74) is 5.66. The molecular formula is C16H28N4O7S. The molecule has 6 atom stereocenters. The van der Waals surface area contributed by atoms with Gasteiger partial charge in [0, 0.05) is 12.3 Å². The van der Waals surface area contributed by atoms with E-state index < -0.39 is 60.1 Å². The van der Waals surface area contributed by atoms with E-state index in [2.05, 4.69) is 23.3 Å². The van der Waals surface area contributed by atoms with Crippen molar-refractivity contribution in [2.45, 2.75) is 63.1 Å². The molecule has 0 aromatic carbocycles. The minimum Gasteiger partial charge on any atom is -0.480 e. The van der Waals surface area contributed by atoms with Crippen molar-refractivity contribution in [2.75, 3.05) is 12.3 Å². The third-order valence-electron chi connectivity index (χ3n) is 4.50. The first-order valence-corrected chi connectivity index (χ1v) is 9.51. The van der Waals surface area contributed by atoms with Crippen LogP contribution in [0.3, 0.4) is 0 Å². The molecule has 1 aliphatic rings. The Hall–Kier alpha value is -1.89. The number of thiol groups is 1. The number of hydrogen-bond acceptors (Lipinski definition) is 8. The first-order chi connectivity index (χ1) is 13.0. The van der Waals surface area contributed by atoms with E-state index >= 15 is 0 Å². The van der Waals surface area contributed by atoms with Gasteiger partial charge in [-0.1, -0.05) is 0 Å². The maximum absolute atomic E-state index is 12.6. The smallest absolute Gasteiger partial charge is 0.327 e. The van der Waals surface area contributed by atoms with E-state index in [-0.39, 0.29) is 12.3 Å². The molecule has 0 aromatic heterocycles. The highest BCUT2D eigenvalue weighted by atomic mass is 32.1. The lowest BCUT2D eigenvalue weighted by Gasteiger charge is -2.29. The lowest BCUT2D eigenvalue weighted by atomic mass is 10.1. The molecule has 6 unspecified atom stereocenters. The van der Waals surface area contributed by atoms with Gasteiger partial charge in [-0.05, 0) is 26.7 Å². The van der Waals surface area contributed by atoms with E-state index in [0.29, 0.717) is 12.8 Å². The summed E-state index contributed by atoms with van der Waals surface area (Å²) in [5.74, 6) is -3.64. The maximum Gasteiger partial charge on any atom is 0.327 e. The first-order valence-electron chi connectivity index (χ1n) is 8.87. The zero-order valence-electron chi connectivity index (χ0n) is 15.7. The molecular weight excluding hydrogens is 392 g/mol. The summed E-state index contributed by atoms with van der Waals surface area (Å²) in [6, 6.07) is -4.80. The predicted molar refractivity (Wildman–Crippen MR) is 101 cm³/mol. The molecule has 1 aliphatic heterocycles. The van der Waals surface area contributed by atoms with Gasteiger partial charge in [0.15, 0.2) is 0 Å². The van der Waals surface area contributed by atoms with Crippen molar-refractivity contribution in [3.8, 4) is 0 Å². The number of nitrogens with one attached hydrogen (secondary N) is 2. The summed E-state index contributed by atoms with van der Waals surface area (Å²) in [5, 5.41) is 32.9. The molecule has 0 bridgehead atoms. The Kier molecular flexibility index (Phi) is 9.14. The first kappa shape index (κ1) is 24.1. The van der Waals surface area contributed by atoms with Crippen LogP contribution in [0.15, 0.2) is 0 Å². The maximum atomic E-state index is 12.6. The van der Waals surface area contributed by atoms with Gasteiger partial charge in [0.2, 0.25) is 17.7 Å². The average Bonchev–Trinajstić information content (AvgIpc) is 3.11. The average molecular weight is 420 g/mol. The largest absolute Gasteiger partial charge is 0.480 e. The second-order valence-electron chi connectivity index (χ2n) is 6.76. The molecule has 1 saturated heterocycles. The quantitative estimate of drug-likeness (QED) is 0.193. The number of carboxylic acid groups (broad SMARTS) is 1. The number of aliphatic hydroxyl groups excluding tert-OH is 2. The van der Waals surface area contributed by atoms with Crippen molar-refractivity contribution in [3.05, 3.63) is 0 Å². The van der Waals surface area contributed by atoms with Gasteiger partial charge < -0.3 is 36.6 Å². The highest BCUT2D eigenvalue weighted by Crippen LogP contribution is 2.19. The lowest BCUT2D eigenvalue weighted by Crippen LogP contribution is -2.60. The molecule has 160 valence electrons. The molecule has 1 fully saturated rings. The molecule has 12 heteroatoms. The molecule has 3 amide bonds. The van der Waals surface area contributed by atoms with E-state index in [4.69, 9.17) is 10.8 Å². The van der Waals surface area contributed by atoms with E-state index in [1.807, 2.05) is 0 Å². The third kappa shape index (κ3) is 6.06. The number of nitrogens with zero attached hydrogens (tertiary/aromatic N) is 1. The molecule has 0 spiro atoms. The van der Waals surface area contributed by atoms with E-state index in [1.54, 1.807) is 0 Å². The third-order valence-corrected chi connectivity index (χ3v) is 4.87. The van der Waals surface area contributed by atoms with Crippen LogP contribution in [0, 0.1) is 0 Å². The van der Waals surface area contributed by atoms with Crippen LogP contribution >= 0.6 is 12.6 Å². The van der Waals surface area contributed by atoms with Gasteiger partial charge in [0.25, 0.3) is 0 Å². The number of hydrogen-bond donors (Lipinski definition) is 7. The van der Waals surface area contributed by atoms with Crippen LogP contribution < -0.4 is 16.4 Å². The van der Waals surface area contributed by atoms with Crippen molar-refractivity contribution in [1.29, 1.82) is 0 Å². The number of aliphatic hydroxyl groups is 2. The number of carboxylic acids is 1. The Bertz CT molecular complexity index is 602. The Morgan fingerprint density at radius 1 is 1.18 bits per heavy atom. The normalized spacial score (nSPS) is 21.9. The molecule has 1 rings (SSSR count). The molecule has 28 heavy (non-hydrogen) atoms. The van der Waals surface area contributed by atoms with Crippen LogP contribution in [0.1, 0.15) is 26.7 Å². The summed E-state index contributed by atoms with van der Waals surface area (Å²) in [6.45, 7) is 2.90. The predicted octanol–water partition coefficient (Wildman–Crippen LogP) is -2.95. The van der Waals surface area contributed by atoms with Gasteiger partial charge in [-0.25, -0.2) is 4.79 Å². The molecule has 1 heterocycles. The number of carbonyl (C=O) groups excluding carboxylic acids is 3. The van der Waals surface area contributed by atoms with Gasteiger partial charge in [0.05, 0.1) is 12.2 Å². The molecule has 7 N–H and O–H groups in total. The number of rotatable bonds is 9. The summed E-state index contributed by atoms with van der Waals surface area (Å²) in [4.78, 5) is 49.6. The van der Waals surface area contributed by atoms with E-state index in [9.17, 15) is 29.4 Å². The highest BCUT2D eigenvalue weighted by molar-refractivity contribution is 7.80. The van der Waals surface area contributed by atoms with Gasteiger partial charge in [-0.2, -0.15) is 12.6 Å². The SMILES string of the molecule is CC(O)C(N)C(=O)N1CCCC1C(=O)NC(C(=O)NC(CS)C(=O)O)C(C)O. The Morgan fingerprint density at radius 3 is 2.25 bits per heavy atom. The monoisotopic (exact) mass is 420 g/mol. The van der Waals surface area contributed by atoms with E-state index in [0.717, 1.165) is 0 Å². The van der Waals surface area contributed by atoms with Crippen molar-refractivity contribution in [3.63, 3.8) is 0 Å². The highest BCUT2D eigenvalue weighted by Gasteiger charge is 2.39. The van der Waals surface area contributed by atoms with E-state index in [1.165, 1.54) is 18.7 Å². The number of aliphatic carboxylic acids is 1. The summed E-state index contributed by atoms with van der Waals surface area (Å²) in [7, 11) is 0. The minimum atomic E-state index is -1.42. The van der Waals surface area contributed by atoms with Crippen LogP contribution in [-0.4, -0.2) is 92.6 Å². The van der Waals surface area contributed by atoms with Gasteiger partial charge in [0.1, 0.15) is 24.2 Å². The molecule has 11 nitrogen and oxygen atoms in total. The van der Waals surface area contributed by atoms with Gasteiger partial charge >= 0.3 is 5.97 Å². The standard InChI is InChI=1S/C16H28N4O7S/c1-7(21)11(17)15(25)20-5-3-4-10(20)13(23)19-12(8(2)22)14(24)18-9(6-28)16(26)27/h7-12,21-22,28H,3-6,17H2,1-2H3,(H,18,24)(H,19,23)(H,26,27). The number of carbonyl (C=O) groups is 4. The van der Waals surface area contributed by atoms with Crippen LogP contribution in [0.5, 0.6) is 0 Å². The fourth-order valence-electron chi connectivity index (χ4n) is 2.80. The molecule has 0 saturated carbocycles. The lowest BCUT2D eigenvalue weighted by molar-refractivity contribution is -0.144. The zero-order valence-corrected chi connectivity index (χ0v) is 16.6. The number of nitrogens with two attached hydrogens (primary N) is 1. The fourth-order valence-corrected chi connectivity index (χ4v) is 3.05. The van der Waals surface area contributed by atoms with Crippen molar-refractivity contribution >= 4 is 36.3 Å².